The van der Waals surface area contributed by atoms with E-state index in [0.29, 0.717) is 0 Å². The fourth-order valence-corrected chi connectivity index (χ4v) is 0. The van der Waals surface area contributed by atoms with Gasteiger partial charge in [0.2, 0.25) is 0 Å². The van der Waals surface area contributed by atoms with Gasteiger partial charge in [0.1, 0.15) is 0 Å². The van der Waals surface area contributed by atoms with Crippen LogP contribution in [0.5, 0.6) is 0 Å². The van der Waals surface area contributed by atoms with Crippen molar-refractivity contribution in [3.05, 3.63) is 20.8 Å². The molecular formula is C6H15ClTi-. The molecule has 0 saturated heterocycles. The molecule has 0 N–H and O–H groups in total. The summed E-state index contributed by atoms with van der Waals surface area (Å²) >= 11 is 0. The Balaban J connectivity index is -0.00000000500. The second kappa shape index (κ2) is 389. The predicted octanol–water partition coefficient (Wildman–Crippen LogP) is -0.477. The van der Waals surface area contributed by atoms with E-state index in [1.54, 1.807) is 20.8 Å². The van der Waals surface area contributed by atoms with Gasteiger partial charge in [0.25, 0.3) is 0 Å². The normalized spacial score (nSPS) is 2.25. The molecule has 0 aromatic rings. The summed E-state index contributed by atoms with van der Waals surface area (Å²) in [5.41, 5.74) is 0. The molecule has 8 heavy (non-hydrogen) atoms. The van der Waals surface area contributed by atoms with Gasteiger partial charge in [0, 0.05) is 0 Å². The first-order valence-electron chi connectivity index (χ1n) is 2.12. The Hall–Kier alpha value is 1.00. The molecule has 0 aromatic heterocycles. The van der Waals surface area contributed by atoms with Gasteiger partial charge in [-0.15, -0.1) is 0 Å². The van der Waals surface area contributed by atoms with E-state index in [2.05, 4.69) is 20.8 Å². The van der Waals surface area contributed by atoms with E-state index in [0.717, 1.165) is 0 Å². The molecule has 2 heteroatoms. The van der Waals surface area contributed by atoms with Crippen LogP contribution < -0.4 is 12.4 Å². The van der Waals surface area contributed by atoms with Crippen molar-refractivity contribution in [1.29, 1.82) is 0 Å². The van der Waals surface area contributed by atoms with Gasteiger partial charge >= 0.3 is 21.7 Å². The Labute approximate surface area is 75.7 Å². The van der Waals surface area contributed by atoms with Gasteiger partial charge < -0.3 is 33.2 Å². The topological polar surface area (TPSA) is 0 Å². The zero-order chi connectivity index (χ0) is 6.00. The largest absolute Gasteiger partial charge is 3.00 e. The summed E-state index contributed by atoms with van der Waals surface area (Å²) in [6, 6.07) is 0. The second-order valence-corrected chi connectivity index (χ2v) is 0. The van der Waals surface area contributed by atoms with Gasteiger partial charge in [-0.3, -0.25) is 0 Å². The third kappa shape index (κ3) is 250. The van der Waals surface area contributed by atoms with Crippen LogP contribution in [0.4, 0.5) is 0 Å². The quantitative estimate of drug-likeness (QED) is 0.340. The molecule has 0 aliphatic heterocycles. The Morgan fingerprint density at radius 1 is 0.625 bits per heavy atom. The molecule has 0 aromatic carbocycles. The van der Waals surface area contributed by atoms with Crippen LogP contribution in [0, 0.1) is 20.8 Å². The van der Waals surface area contributed by atoms with Gasteiger partial charge in [0.15, 0.2) is 0 Å². The van der Waals surface area contributed by atoms with E-state index >= 15 is 0 Å². The maximum absolute atomic E-state index is 3.25. The van der Waals surface area contributed by atoms with Crippen molar-refractivity contribution in [3.63, 3.8) is 0 Å². The Bertz CT molecular complexity index is 8.49. The average Bonchev–Trinajstić information content (AvgIpc) is 1.81. The fourth-order valence-electron chi connectivity index (χ4n) is 0. The Morgan fingerprint density at radius 3 is 0.625 bits per heavy atom. The fraction of sp³-hybridized carbons (Fsp3) is 0.500. The maximum atomic E-state index is 3.25. The van der Waals surface area contributed by atoms with Gasteiger partial charge in [-0.05, 0) is 0 Å². The molecule has 0 amide bonds. The average molecular weight is 171 g/mol. The van der Waals surface area contributed by atoms with Crippen LogP contribution in [0.2, 0.25) is 0 Å². The summed E-state index contributed by atoms with van der Waals surface area (Å²) in [4.78, 5) is 0. The predicted molar refractivity (Wildman–Crippen MR) is 33.1 cm³/mol. The molecule has 0 atom stereocenters. The van der Waals surface area contributed by atoms with Gasteiger partial charge in [-0.1, -0.05) is 0 Å². The number of rotatable bonds is 0. The summed E-state index contributed by atoms with van der Waals surface area (Å²) in [5.74, 6) is 0. The maximum Gasteiger partial charge on any atom is 3.00 e. The molecular weight excluding hydrogens is 155 g/mol. The van der Waals surface area contributed by atoms with Gasteiger partial charge in [-0.25, -0.2) is 0 Å². The van der Waals surface area contributed by atoms with E-state index in [1.165, 1.54) is 0 Å². The molecule has 1 radical (unpaired) electrons. The molecule has 0 fully saturated rings. The molecule has 0 rings (SSSR count). The van der Waals surface area contributed by atoms with Crippen molar-refractivity contribution in [2.75, 3.05) is 0 Å². The first-order chi connectivity index (χ1) is 3.00. The van der Waals surface area contributed by atoms with E-state index in [-0.39, 0.29) is 34.1 Å². The van der Waals surface area contributed by atoms with Crippen molar-refractivity contribution in [2.45, 2.75) is 20.8 Å². The molecule has 0 spiro atoms. The first kappa shape index (κ1) is 36.0. The van der Waals surface area contributed by atoms with E-state index in [1.807, 2.05) is 0 Å². The summed E-state index contributed by atoms with van der Waals surface area (Å²) in [7, 11) is 0. The molecule has 0 aliphatic carbocycles. The molecule has 0 nitrogen and oxygen atoms in total. The zero-order valence-electron chi connectivity index (χ0n) is 6.00. The second-order valence-electron chi connectivity index (χ2n) is 0. The van der Waals surface area contributed by atoms with Crippen LogP contribution >= 0.6 is 0 Å². The summed E-state index contributed by atoms with van der Waals surface area (Å²) in [5, 5.41) is 0. The standard InChI is InChI=1S/3C2H5.ClH.Ti/c3*1-2;;/h3*1H2,2H3;1H;/q3*-1;;+3/p-1. The molecule has 0 heterocycles. The van der Waals surface area contributed by atoms with Crippen LogP contribution in [-0.2, 0) is 21.7 Å². The molecule has 0 saturated carbocycles. The minimum Gasteiger partial charge on any atom is -1.00 e. The third-order valence-corrected chi connectivity index (χ3v) is 0. The number of hydrogen-bond acceptors (Lipinski definition) is 0. The molecule has 0 aliphatic rings. The first-order valence-corrected chi connectivity index (χ1v) is 2.12. The van der Waals surface area contributed by atoms with Gasteiger partial charge in [-0.2, -0.15) is 20.8 Å². The number of halogens is 1. The SMILES string of the molecule is [CH2-]C.[CH2-]C.[CH2-]C.[Cl-].[Ti+3]. The van der Waals surface area contributed by atoms with Crippen LogP contribution in [0.25, 0.3) is 0 Å². The Morgan fingerprint density at radius 2 is 0.625 bits per heavy atom. The van der Waals surface area contributed by atoms with Crippen molar-refractivity contribution < 1.29 is 34.1 Å². The van der Waals surface area contributed by atoms with Crippen LogP contribution in [0.15, 0.2) is 0 Å². The molecule has 0 bridgehead atoms. The third-order valence-electron chi connectivity index (χ3n) is 0. The Kier molecular flexibility index (Phi) is 1750. The minimum atomic E-state index is 0. The number of hydrogen-bond donors (Lipinski definition) is 0. The van der Waals surface area contributed by atoms with E-state index < -0.39 is 0 Å². The molecule has 51 valence electrons. The van der Waals surface area contributed by atoms with E-state index in [9.17, 15) is 0 Å². The zero-order valence-corrected chi connectivity index (χ0v) is 8.32. The van der Waals surface area contributed by atoms with Gasteiger partial charge in [0.05, 0.1) is 0 Å². The van der Waals surface area contributed by atoms with Crippen LogP contribution in [0.3, 0.4) is 0 Å². The van der Waals surface area contributed by atoms with Crippen molar-refractivity contribution in [2.24, 2.45) is 0 Å². The summed E-state index contributed by atoms with van der Waals surface area (Å²) in [6.07, 6.45) is 0. The minimum absolute atomic E-state index is 0. The molecule has 0 unspecified atom stereocenters. The monoisotopic (exact) mass is 170 g/mol. The van der Waals surface area contributed by atoms with Crippen molar-refractivity contribution in [3.8, 4) is 0 Å². The summed E-state index contributed by atoms with van der Waals surface area (Å²) in [6.45, 7) is 15.0. The van der Waals surface area contributed by atoms with Crippen molar-refractivity contribution >= 4 is 0 Å². The smallest absolute Gasteiger partial charge is 1.00 e. The van der Waals surface area contributed by atoms with Crippen LogP contribution in [-0.4, -0.2) is 0 Å². The van der Waals surface area contributed by atoms with Crippen LogP contribution in [0.1, 0.15) is 20.8 Å². The van der Waals surface area contributed by atoms with Crippen molar-refractivity contribution in [1.82, 2.24) is 0 Å². The summed E-state index contributed by atoms with van der Waals surface area (Å²) < 4.78 is 0. The van der Waals surface area contributed by atoms with E-state index in [4.69, 9.17) is 0 Å².